The van der Waals surface area contributed by atoms with E-state index >= 15 is 0 Å². The lowest BCUT2D eigenvalue weighted by Gasteiger charge is -2.38. The number of nitrogens with zero attached hydrogens (tertiary/aromatic N) is 2. The summed E-state index contributed by atoms with van der Waals surface area (Å²) in [4.78, 5) is 31.6. The van der Waals surface area contributed by atoms with Crippen LogP contribution >= 0.6 is 22.9 Å². The second-order valence-electron chi connectivity index (χ2n) is 6.99. The first-order valence-corrected chi connectivity index (χ1v) is 8.58. The molecule has 1 amide bonds. The normalized spacial score (nSPS) is 20.4. The predicted octanol–water partition coefficient (Wildman–Crippen LogP) is 3.55. The highest BCUT2D eigenvalue weighted by Gasteiger charge is 2.49. The van der Waals surface area contributed by atoms with Crippen molar-refractivity contribution in [2.75, 3.05) is 13.1 Å². The van der Waals surface area contributed by atoms with Gasteiger partial charge in [-0.2, -0.15) is 0 Å². The summed E-state index contributed by atoms with van der Waals surface area (Å²) in [5.41, 5.74) is -0.349. The highest BCUT2D eigenvalue weighted by Crippen LogP contribution is 2.46. The number of hydrogen-bond acceptors (Lipinski definition) is 5. The topological polar surface area (TPSA) is 59.5 Å². The fourth-order valence-corrected chi connectivity index (χ4v) is 4.39. The minimum Gasteiger partial charge on any atom is -0.444 e. The largest absolute Gasteiger partial charge is 0.444 e. The van der Waals surface area contributed by atoms with E-state index in [4.69, 9.17) is 16.3 Å². The number of thiazole rings is 1. The third kappa shape index (κ3) is 2.74. The molecule has 0 N–H and O–H groups in total. The van der Waals surface area contributed by atoms with Crippen molar-refractivity contribution in [2.45, 2.75) is 45.6 Å². The lowest BCUT2D eigenvalue weighted by Crippen LogP contribution is -2.47. The molecule has 3 rings (SSSR count). The van der Waals surface area contributed by atoms with Crippen LogP contribution in [0.4, 0.5) is 4.79 Å². The molecule has 0 radical (unpaired) electrons. The third-order valence-electron chi connectivity index (χ3n) is 4.24. The Bertz CT molecular complexity index is 627. The maximum absolute atomic E-state index is 12.6. The van der Waals surface area contributed by atoms with Gasteiger partial charge in [-0.25, -0.2) is 9.78 Å². The molecule has 1 aromatic heterocycles. The zero-order valence-electron chi connectivity index (χ0n) is 12.9. The first-order valence-electron chi connectivity index (χ1n) is 7.38. The number of ether oxygens (including phenoxy) is 1. The minimum atomic E-state index is -0.500. The number of piperidine rings is 1. The molecule has 1 saturated heterocycles. The van der Waals surface area contributed by atoms with Gasteiger partial charge in [-0.15, -0.1) is 11.3 Å². The van der Waals surface area contributed by atoms with Crippen LogP contribution in [0.25, 0.3) is 0 Å². The molecule has 5 nitrogen and oxygen atoms in total. The second kappa shape index (κ2) is 5.20. The minimum absolute atomic E-state index is 0.0921. The van der Waals surface area contributed by atoms with E-state index in [2.05, 4.69) is 4.98 Å². The fraction of sp³-hybridized carbons (Fsp3) is 0.667. The summed E-state index contributed by atoms with van der Waals surface area (Å²) in [6.07, 6.45) is 1.72. The van der Waals surface area contributed by atoms with E-state index in [-0.39, 0.29) is 11.9 Å². The Kier molecular flexibility index (Phi) is 3.72. The summed E-state index contributed by atoms with van der Waals surface area (Å²) in [6, 6.07) is 0. The van der Waals surface area contributed by atoms with Gasteiger partial charge in [-0.3, -0.25) is 4.79 Å². The third-order valence-corrected chi connectivity index (χ3v) is 5.40. The lowest BCUT2D eigenvalue weighted by atomic mass is 9.76. The summed E-state index contributed by atoms with van der Waals surface area (Å²) in [5.74, 6) is 0.0921. The molecular weight excluding hydrogens is 324 g/mol. The highest BCUT2D eigenvalue weighted by atomic mass is 35.5. The first kappa shape index (κ1) is 15.7. The quantitative estimate of drug-likeness (QED) is 0.723. The Labute approximate surface area is 138 Å². The molecule has 0 saturated carbocycles. The molecule has 1 fully saturated rings. The zero-order chi connectivity index (χ0) is 16.1. The van der Waals surface area contributed by atoms with Crippen molar-refractivity contribution < 1.29 is 14.3 Å². The number of ketones is 1. The number of likely N-dealkylation sites (tertiary alicyclic amines) is 1. The van der Waals surface area contributed by atoms with Crippen molar-refractivity contribution in [2.24, 2.45) is 5.41 Å². The number of Topliss-reactive ketones (excluding diaryl/α,β-unsaturated/α-hetero) is 1. The van der Waals surface area contributed by atoms with Gasteiger partial charge in [0, 0.05) is 23.4 Å². The van der Waals surface area contributed by atoms with E-state index in [1.807, 2.05) is 20.8 Å². The number of carbonyl (C=O) groups excluding carboxylic acids is 2. The number of aromatic nitrogens is 1. The molecular formula is C15H19ClN2O3S. The fourth-order valence-electron chi connectivity index (χ4n) is 3.11. The summed E-state index contributed by atoms with van der Waals surface area (Å²) < 4.78 is 5.82. The van der Waals surface area contributed by atoms with Gasteiger partial charge >= 0.3 is 6.09 Å². The molecule has 120 valence electrons. The van der Waals surface area contributed by atoms with Gasteiger partial charge in [-0.1, -0.05) is 11.6 Å². The Morgan fingerprint density at radius 3 is 2.55 bits per heavy atom. The van der Waals surface area contributed by atoms with Crippen LogP contribution in [0.3, 0.4) is 0 Å². The number of halogens is 1. The van der Waals surface area contributed by atoms with Gasteiger partial charge in [0.2, 0.25) is 0 Å². The Morgan fingerprint density at radius 2 is 2.00 bits per heavy atom. The molecule has 2 aliphatic rings. The standard InChI is InChI=1S/C15H19ClN2O3S/c1-14(2,3)21-13(20)18-6-4-15(5-7-18)8-9-10(11(15)19)17-12(16)22-9/h4-8H2,1-3H3. The van der Waals surface area contributed by atoms with Crippen molar-refractivity contribution in [3.05, 3.63) is 15.0 Å². The van der Waals surface area contributed by atoms with Crippen LogP contribution in [-0.2, 0) is 11.2 Å². The lowest BCUT2D eigenvalue weighted by molar-refractivity contribution is 0.0114. The Hall–Kier alpha value is -1.14. The van der Waals surface area contributed by atoms with Gasteiger partial charge in [-0.05, 0) is 40.0 Å². The molecule has 7 heteroatoms. The van der Waals surface area contributed by atoms with Crippen LogP contribution in [0.15, 0.2) is 0 Å². The number of rotatable bonds is 0. The number of hydrogen-bond donors (Lipinski definition) is 0. The van der Waals surface area contributed by atoms with Crippen LogP contribution in [0.2, 0.25) is 4.47 Å². The molecule has 1 aliphatic carbocycles. The van der Waals surface area contributed by atoms with Gasteiger partial charge in [0.15, 0.2) is 10.3 Å². The first-order chi connectivity index (χ1) is 10.2. The van der Waals surface area contributed by atoms with Crippen molar-refractivity contribution in [3.63, 3.8) is 0 Å². The smallest absolute Gasteiger partial charge is 0.410 e. The molecule has 1 aliphatic heterocycles. The van der Waals surface area contributed by atoms with Crippen molar-refractivity contribution in [3.8, 4) is 0 Å². The highest BCUT2D eigenvalue weighted by molar-refractivity contribution is 7.16. The van der Waals surface area contributed by atoms with Gasteiger partial charge in [0.05, 0.1) is 0 Å². The summed E-state index contributed by atoms with van der Waals surface area (Å²) in [7, 11) is 0. The molecule has 22 heavy (non-hydrogen) atoms. The van der Waals surface area contributed by atoms with E-state index in [1.54, 1.807) is 4.90 Å². The number of carbonyl (C=O) groups is 2. The second-order valence-corrected chi connectivity index (χ2v) is 8.66. The van der Waals surface area contributed by atoms with Crippen molar-refractivity contribution >= 4 is 34.8 Å². The summed E-state index contributed by atoms with van der Waals surface area (Å²) >= 11 is 7.27. The Morgan fingerprint density at radius 1 is 1.36 bits per heavy atom. The summed E-state index contributed by atoms with van der Waals surface area (Å²) in [6.45, 7) is 6.64. The zero-order valence-corrected chi connectivity index (χ0v) is 14.5. The van der Waals surface area contributed by atoms with Crippen LogP contribution < -0.4 is 0 Å². The molecule has 0 aromatic carbocycles. The van der Waals surface area contributed by atoms with Gasteiger partial charge in [0.1, 0.15) is 11.3 Å². The molecule has 1 aromatic rings. The van der Waals surface area contributed by atoms with Crippen molar-refractivity contribution in [1.82, 2.24) is 9.88 Å². The Balaban J connectivity index is 1.67. The van der Waals surface area contributed by atoms with Crippen LogP contribution in [0.1, 0.15) is 49.0 Å². The monoisotopic (exact) mass is 342 g/mol. The van der Waals surface area contributed by atoms with Gasteiger partial charge < -0.3 is 9.64 Å². The molecule has 0 bridgehead atoms. The van der Waals surface area contributed by atoms with E-state index < -0.39 is 11.0 Å². The predicted molar refractivity (Wildman–Crippen MR) is 84.6 cm³/mol. The van der Waals surface area contributed by atoms with E-state index in [9.17, 15) is 9.59 Å². The average molecular weight is 343 g/mol. The number of amides is 1. The molecule has 2 heterocycles. The number of fused-ring (bicyclic) bond motifs is 1. The average Bonchev–Trinajstić information content (AvgIpc) is 2.86. The van der Waals surface area contributed by atoms with Crippen LogP contribution in [0, 0.1) is 5.41 Å². The SMILES string of the molecule is CC(C)(C)OC(=O)N1CCC2(CC1)Cc1sc(Cl)nc1C2=O. The van der Waals surface area contributed by atoms with E-state index in [0.29, 0.717) is 42.5 Å². The van der Waals surface area contributed by atoms with Crippen LogP contribution in [0.5, 0.6) is 0 Å². The molecule has 0 unspecified atom stereocenters. The summed E-state index contributed by atoms with van der Waals surface area (Å²) in [5, 5.41) is 0. The van der Waals surface area contributed by atoms with Crippen LogP contribution in [-0.4, -0.2) is 40.5 Å². The van der Waals surface area contributed by atoms with Gasteiger partial charge in [0.25, 0.3) is 0 Å². The van der Waals surface area contributed by atoms with E-state index in [0.717, 1.165) is 4.88 Å². The van der Waals surface area contributed by atoms with Crippen molar-refractivity contribution in [1.29, 1.82) is 0 Å². The molecule has 0 atom stereocenters. The maximum atomic E-state index is 12.6. The molecule has 1 spiro atoms. The van der Waals surface area contributed by atoms with E-state index in [1.165, 1.54) is 11.3 Å². The maximum Gasteiger partial charge on any atom is 0.410 e.